The second-order valence-electron chi connectivity index (χ2n) is 6.67. The summed E-state index contributed by atoms with van der Waals surface area (Å²) >= 11 is 2.64. The number of carbonyl (C=O) groups is 1. The van der Waals surface area contributed by atoms with Crippen molar-refractivity contribution in [1.82, 2.24) is 29.9 Å². The van der Waals surface area contributed by atoms with E-state index in [4.69, 9.17) is 4.74 Å². The zero-order valence-electron chi connectivity index (χ0n) is 17.0. The van der Waals surface area contributed by atoms with Crippen LogP contribution in [-0.4, -0.2) is 48.6 Å². The highest BCUT2D eigenvalue weighted by Gasteiger charge is 2.15. The van der Waals surface area contributed by atoms with Crippen LogP contribution >= 0.6 is 23.1 Å². The molecule has 0 saturated heterocycles. The summed E-state index contributed by atoms with van der Waals surface area (Å²) in [6.07, 6.45) is 1.33. The van der Waals surface area contributed by atoms with Gasteiger partial charge in [-0.05, 0) is 47.5 Å². The van der Waals surface area contributed by atoms with Crippen molar-refractivity contribution in [3.63, 3.8) is 0 Å². The Balaban J connectivity index is 1.41. The predicted octanol–water partition coefficient (Wildman–Crippen LogP) is 1.98. The Bertz CT molecular complexity index is 1290. The van der Waals surface area contributed by atoms with Gasteiger partial charge in [-0.15, -0.1) is 16.4 Å². The fourth-order valence-electron chi connectivity index (χ4n) is 2.91. The Morgan fingerprint density at radius 1 is 1.26 bits per heavy atom. The molecule has 160 valence electrons. The summed E-state index contributed by atoms with van der Waals surface area (Å²) < 4.78 is 7.88. The molecule has 0 radical (unpaired) electrons. The summed E-state index contributed by atoms with van der Waals surface area (Å²) in [6.45, 7) is 4.27. The number of aryl methyl sites for hydroxylation is 2. The molecule has 3 heterocycles. The molecule has 12 heteroatoms. The topological polar surface area (TPSA) is 117 Å². The summed E-state index contributed by atoms with van der Waals surface area (Å²) in [5.74, 6) is 0.439. The molecule has 0 aliphatic carbocycles. The molecule has 0 spiro atoms. The number of fused-ring (bicyclic) bond motifs is 1. The van der Waals surface area contributed by atoms with Crippen LogP contribution in [0.1, 0.15) is 16.0 Å². The van der Waals surface area contributed by atoms with Crippen molar-refractivity contribution in [2.75, 3.05) is 18.3 Å². The van der Waals surface area contributed by atoms with Crippen molar-refractivity contribution in [1.29, 1.82) is 0 Å². The van der Waals surface area contributed by atoms with Crippen LogP contribution in [0.25, 0.3) is 10.2 Å². The van der Waals surface area contributed by atoms with E-state index < -0.39 is 0 Å². The number of benzene rings is 1. The second-order valence-corrected chi connectivity index (χ2v) is 8.82. The maximum atomic E-state index is 12.7. The average Bonchev–Trinajstić information content (AvgIpc) is 3.33. The summed E-state index contributed by atoms with van der Waals surface area (Å²) in [4.78, 5) is 31.1. The largest absolute Gasteiger partial charge is 0.497 e. The summed E-state index contributed by atoms with van der Waals surface area (Å²) in [5, 5.41) is 12.7. The Morgan fingerprint density at radius 3 is 2.77 bits per heavy atom. The van der Waals surface area contributed by atoms with Gasteiger partial charge in [-0.1, -0.05) is 23.9 Å². The molecule has 0 atom stereocenters. The molecule has 3 aromatic heterocycles. The minimum Gasteiger partial charge on any atom is -0.497 e. The molecular weight excluding hydrogens is 438 g/mol. The van der Waals surface area contributed by atoms with Gasteiger partial charge in [0.2, 0.25) is 11.1 Å². The van der Waals surface area contributed by atoms with Crippen LogP contribution in [0.2, 0.25) is 0 Å². The molecular formula is C19H19N7O3S2. The second kappa shape index (κ2) is 8.86. The summed E-state index contributed by atoms with van der Waals surface area (Å²) in [6, 6.07) is 7.56. The third-order valence-electron chi connectivity index (χ3n) is 4.66. The van der Waals surface area contributed by atoms with E-state index in [0.29, 0.717) is 21.9 Å². The normalized spacial score (nSPS) is 11.1. The number of methoxy groups -OCH3 is 1. The van der Waals surface area contributed by atoms with Gasteiger partial charge in [-0.2, -0.15) is 0 Å². The number of carbonyl (C=O) groups excluding carboxylic acids is 1. The van der Waals surface area contributed by atoms with Crippen LogP contribution in [-0.2, 0) is 11.3 Å². The van der Waals surface area contributed by atoms with Crippen molar-refractivity contribution in [3.8, 4) is 5.75 Å². The molecule has 4 rings (SSSR count). The van der Waals surface area contributed by atoms with Crippen LogP contribution in [0.4, 0.5) is 0 Å². The molecule has 4 aromatic rings. The number of aromatic nitrogens is 6. The fraction of sp³-hybridized carbons (Fsp3) is 0.263. The third kappa shape index (κ3) is 4.44. The van der Waals surface area contributed by atoms with E-state index in [2.05, 4.69) is 25.9 Å². The first-order valence-electron chi connectivity index (χ1n) is 9.25. The standard InChI is InChI=1S/C19H19N7O3S2/c1-11-12(2)31-17-16(11)18(28)26(10-20-17)22-15(27)9-30-19-21-23-24-25(19)8-13-4-6-14(29-3)7-5-13/h4-7,10H,8-9H2,1-3H3,(H,22,27). The van der Waals surface area contributed by atoms with E-state index in [1.165, 1.54) is 29.4 Å². The van der Waals surface area contributed by atoms with Crippen LogP contribution in [0.5, 0.6) is 5.75 Å². The number of nitrogens with one attached hydrogen (secondary N) is 1. The van der Waals surface area contributed by atoms with Crippen LogP contribution in [0.3, 0.4) is 0 Å². The lowest BCUT2D eigenvalue weighted by Gasteiger charge is -2.08. The molecule has 31 heavy (non-hydrogen) atoms. The van der Waals surface area contributed by atoms with Crippen LogP contribution < -0.4 is 15.7 Å². The molecule has 10 nitrogen and oxygen atoms in total. The minimum atomic E-state index is -0.364. The number of ether oxygens (including phenoxy) is 1. The van der Waals surface area contributed by atoms with E-state index >= 15 is 0 Å². The van der Waals surface area contributed by atoms with Crippen molar-refractivity contribution < 1.29 is 9.53 Å². The highest BCUT2D eigenvalue weighted by Crippen LogP contribution is 2.25. The Hall–Kier alpha value is -3.25. The monoisotopic (exact) mass is 457 g/mol. The van der Waals surface area contributed by atoms with E-state index in [9.17, 15) is 9.59 Å². The maximum absolute atomic E-state index is 12.7. The van der Waals surface area contributed by atoms with Gasteiger partial charge in [-0.3, -0.25) is 15.0 Å². The maximum Gasteiger partial charge on any atom is 0.281 e. The zero-order valence-corrected chi connectivity index (χ0v) is 18.7. The molecule has 1 N–H and O–H groups in total. The first-order valence-corrected chi connectivity index (χ1v) is 11.1. The number of hydrogen-bond acceptors (Lipinski definition) is 9. The summed E-state index contributed by atoms with van der Waals surface area (Å²) in [5.41, 5.74) is 4.16. The van der Waals surface area contributed by atoms with E-state index in [1.54, 1.807) is 11.8 Å². The first kappa shape index (κ1) is 21.0. The molecule has 0 aliphatic heterocycles. The van der Waals surface area contributed by atoms with Crippen LogP contribution in [0.15, 0.2) is 40.5 Å². The molecule has 1 aromatic carbocycles. The molecule has 0 saturated carbocycles. The predicted molar refractivity (Wildman–Crippen MR) is 118 cm³/mol. The number of rotatable bonds is 7. The average molecular weight is 458 g/mol. The van der Waals surface area contributed by atoms with Gasteiger partial charge in [0, 0.05) is 4.88 Å². The van der Waals surface area contributed by atoms with E-state index in [-0.39, 0.29) is 17.2 Å². The van der Waals surface area contributed by atoms with Crippen molar-refractivity contribution >= 4 is 39.2 Å². The molecule has 1 amide bonds. The van der Waals surface area contributed by atoms with Gasteiger partial charge in [0.25, 0.3) is 5.56 Å². The fourth-order valence-corrected chi connectivity index (χ4v) is 4.57. The lowest BCUT2D eigenvalue weighted by molar-refractivity contribution is -0.114. The number of nitrogens with zero attached hydrogens (tertiary/aromatic N) is 6. The summed E-state index contributed by atoms with van der Waals surface area (Å²) in [7, 11) is 1.61. The van der Waals surface area contributed by atoms with Gasteiger partial charge >= 0.3 is 0 Å². The Kier molecular flexibility index (Phi) is 6.00. The number of thiophene rings is 1. The van der Waals surface area contributed by atoms with Gasteiger partial charge in [0.05, 0.1) is 24.8 Å². The van der Waals surface area contributed by atoms with Crippen LogP contribution in [0, 0.1) is 13.8 Å². The lowest BCUT2D eigenvalue weighted by Crippen LogP contribution is -2.34. The van der Waals surface area contributed by atoms with Crippen molar-refractivity contribution in [2.45, 2.75) is 25.5 Å². The van der Waals surface area contributed by atoms with Crippen molar-refractivity contribution in [2.24, 2.45) is 0 Å². The molecule has 0 bridgehead atoms. The number of hydrogen-bond donors (Lipinski definition) is 1. The van der Waals surface area contributed by atoms with E-state index in [0.717, 1.165) is 26.4 Å². The smallest absolute Gasteiger partial charge is 0.281 e. The van der Waals surface area contributed by atoms with Crippen molar-refractivity contribution in [3.05, 3.63) is 57.0 Å². The Labute approximate surface area is 185 Å². The molecule has 0 fully saturated rings. The number of tetrazole rings is 1. The highest BCUT2D eigenvalue weighted by molar-refractivity contribution is 7.99. The quantitative estimate of drug-likeness (QED) is 0.419. The molecule has 0 unspecified atom stereocenters. The van der Waals surface area contributed by atoms with Gasteiger partial charge in [0.15, 0.2) is 0 Å². The van der Waals surface area contributed by atoms with Gasteiger partial charge < -0.3 is 4.74 Å². The van der Waals surface area contributed by atoms with Gasteiger partial charge in [-0.25, -0.2) is 14.3 Å². The third-order valence-corrected chi connectivity index (χ3v) is 6.73. The van der Waals surface area contributed by atoms with Gasteiger partial charge in [0.1, 0.15) is 16.9 Å². The first-order chi connectivity index (χ1) is 15.0. The zero-order chi connectivity index (χ0) is 22.0. The lowest BCUT2D eigenvalue weighted by atomic mass is 10.2. The number of amides is 1. The highest BCUT2D eigenvalue weighted by atomic mass is 32.2. The molecule has 0 aliphatic rings. The number of thioether (sulfide) groups is 1. The minimum absolute atomic E-state index is 0.0368. The van der Waals surface area contributed by atoms with E-state index in [1.807, 2.05) is 38.1 Å². The SMILES string of the molecule is COc1ccc(Cn2nnnc2SCC(=O)Nn2cnc3sc(C)c(C)c3c2=O)cc1. The Morgan fingerprint density at radius 2 is 2.03 bits per heavy atom.